The van der Waals surface area contributed by atoms with E-state index in [-0.39, 0.29) is 5.78 Å². The molecule has 1 aromatic heterocycles. The van der Waals surface area contributed by atoms with Crippen LogP contribution in [-0.4, -0.2) is 22.3 Å². The third-order valence-electron chi connectivity index (χ3n) is 2.29. The Labute approximate surface area is 97.5 Å². The van der Waals surface area contributed by atoms with Crippen LogP contribution in [0.4, 0.5) is 0 Å². The van der Waals surface area contributed by atoms with E-state index in [1.807, 2.05) is 30.3 Å². The van der Waals surface area contributed by atoms with Crippen molar-refractivity contribution in [1.29, 1.82) is 5.26 Å². The lowest BCUT2D eigenvalue weighted by atomic mass is 10.1. The Morgan fingerprint density at radius 1 is 1.44 bits per heavy atom. The zero-order valence-corrected chi connectivity index (χ0v) is 9.38. The van der Waals surface area contributed by atoms with Crippen LogP contribution in [0.3, 0.4) is 0 Å². The zero-order valence-electron chi connectivity index (χ0n) is 8.56. The third kappa shape index (κ3) is 2.10. The van der Waals surface area contributed by atoms with Crippen molar-refractivity contribution in [1.82, 2.24) is 4.98 Å². The first kappa shape index (κ1) is 10.8. The van der Waals surface area contributed by atoms with Crippen molar-refractivity contribution in [3.63, 3.8) is 0 Å². The van der Waals surface area contributed by atoms with E-state index in [2.05, 4.69) is 4.98 Å². The van der Waals surface area contributed by atoms with Crippen molar-refractivity contribution < 1.29 is 4.79 Å². The highest BCUT2D eigenvalue weighted by atomic mass is 32.2. The van der Waals surface area contributed by atoms with E-state index in [4.69, 9.17) is 5.26 Å². The van der Waals surface area contributed by atoms with Gasteiger partial charge in [0.2, 0.25) is 0 Å². The van der Waals surface area contributed by atoms with Crippen molar-refractivity contribution in [3.8, 4) is 6.07 Å². The second-order valence-electron chi connectivity index (χ2n) is 3.32. The van der Waals surface area contributed by atoms with Crippen molar-refractivity contribution in [2.45, 2.75) is 0 Å². The minimum absolute atomic E-state index is 0.0673. The van der Waals surface area contributed by atoms with Crippen LogP contribution < -0.4 is 0 Å². The third-order valence-corrected chi connectivity index (χ3v) is 3.09. The Bertz CT molecular complexity index is 553. The Morgan fingerprint density at radius 2 is 2.25 bits per heavy atom. The van der Waals surface area contributed by atoms with Crippen LogP contribution in [0.5, 0.6) is 0 Å². The molecule has 0 unspecified atom stereocenters. The predicted octanol–water partition coefficient (Wildman–Crippen LogP) is 2.61. The smallest absolute Gasteiger partial charge is 0.174 e. The second-order valence-corrected chi connectivity index (χ2v) is 4.31. The Hall–Kier alpha value is -1.73. The number of Topliss-reactive ketones (excluding diaryl/α,β-unsaturated/α-hetero) is 1. The number of carbonyl (C=O) groups excluding carboxylic acids is 1. The topological polar surface area (TPSA) is 56.6 Å². The summed E-state index contributed by atoms with van der Waals surface area (Å²) in [5.74, 6) is 0.779. The quantitative estimate of drug-likeness (QED) is 0.648. The highest BCUT2D eigenvalue weighted by molar-refractivity contribution is 8.00. The van der Waals surface area contributed by atoms with Crippen LogP contribution in [-0.2, 0) is 0 Å². The Kier molecular flexibility index (Phi) is 3.28. The number of para-hydroxylation sites is 1. The summed E-state index contributed by atoms with van der Waals surface area (Å²) in [6.07, 6.45) is 1.74. The van der Waals surface area contributed by atoms with Crippen LogP contribution in [0.15, 0.2) is 30.5 Å². The molecule has 0 fully saturated rings. The molecule has 0 aliphatic rings. The molecule has 16 heavy (non-hydrogen) atoms. The average molecular weight is 230 g/mol. The number of hydrogen-bond acceptors (Lipinski definition) is 3. The molecule has 0 saturated heterocycles. The number of benzene rings is 1. The number of aromatic nitrogens is 1. The van der Waals surface area contributed by atoms with Gasteiger partial charge in [0.15, 0.2) is 5.78 Å². The molecule has 1 heterocycles. The van der Waals surface area contributed by atoms with Crippen LogP contribution in [0.25, 0.3) is 10.9 Å². The maximum atomic E-state index is 11.8. The largest absolute Gasteiger partial charge is 0.360 e. The van der Waals surface area contributed by atoms with Gasteiger partial charge >= 0.3 is 0 Å². The minimum atomic E-state index is 0.0673. The number of carbonyl (C=O) groups is 1. The number of fused-ring (bicyclic) bond motifs is 1. The molecule has 0 saturated carbocycles. The average Bonchev–Trinajstić information content (AvgIpc) is 2.73. The molecular weight excluding hydrogens is 220 g/mol. The summed E-state index contributed by atoms with van der Waals surface area (Å²) >= 11 is 1.34. The van der Waals surface area contributed by atoms with E-state index in [9.17, 15) is 4.79 Å². The van der Waals surface area contributed by atoms with Crippen molar-refractivity contribution >= 4 is 28.4 Å². The van der Waals surface area contributed by atoms with Crippen molar-refractivity contribution in [2.75, 3.05) is 11.5 Å². The van der Waals surface area contributed by atoms with Gasteiger partial charge in [-0.1, -0.05) is 18.2 Å². The molecule has 2 aromatic rings. The van der Waals surface area contributed by atoms with Crippen molar-refractivity contribution in [3.05, 3.63) is 36.0 Å². The molecule has 1 N–H and O–H groups in total. The summed E-state index contributed by atoms with van der Waals surface area (Å²) in [6, 6.07) is 9.71. The number of H-pyrrole nitrogens is 1. The number of rotatable bonds is 4. The highest BCUT2D eigenvalue weighted by Crippen LogP contribution is 2.19. The highest BCUT2D eigenvalue weighted by Gasteiger charge is 2.10. The SMILES string of the molecule is N#CCSCC(=O)c1c[nH]c2ccccc12. The molecule has 0 bridgehead atoms. The van der Waals surface area contributed by atoms with Gasteiger partial charge in [0.25, 0.3) is 0 Å². The van der Waals surface area contributed by atoms with Crippen molar-refractivity contribution in [2.24, 2.45) is 0 Å². The Balaban J connectivity index is 2.20. The number of ketones is 1. The summed E-state index contributed by atoms with van der Waals surface area (Å²) in [5, 5.41) is 9.34. The standard InChI is InChI=1S/C12H10N2OS/c13-5-6-16-8-12(15)10-7-14-11-4-2-1-3-9(10)11/h1-4,7,14H,6,8H2. The van der Waals surface area contributed by atoms with E-state index in [1.165, 1.54) is 11.8 Å². The van der Waals surface area contributed by atoms with Gasteiger partial charge in [-0.2, -0.15) is 5.26 Å². The van der Waals surface area contributed by atoms with Gasteiger partial charge in [-0.25, -0.2) is 0 Å². The van der Waals surface area contributed by atoms with Gasteiger partial charge in [0.1, 0.15) is 0 Å². The van der Waals surface area contributed by atoms with Crippen LogP contribution in [0.1, 0.15) is 10.4 Å². The van der Waals surface area contributed by atoms with Gasteiger partial charge in [0.05, 0.1) is 17.6 Å². The van der Waals surface area contributed by atoms with E-state index in [1.54, 1.807) is 6.20 Å². The number of aromatic amines is 1. The first-order valence-electron chi connectivity index (χ1n) is 4.87. The number of thioether (sulfide) groups is 1. The summed E-state index contributed by atoms with van der Waals surface area (Å²) < 4.78 is 0. The van der Waals surface area contributed by atoms with Gasteiger partial charge < -0.3 is 4.98 Å². The van der Waals surface area contributed by atoms with Crippen LogP contribution in [0, 0.1) is 11.3 Å². The second kappa shape index (κ2) is 4.86. The maximum absolute atomic E-state index is 11.8. The number of hydrogen-bond donors (Lipinski definition) is 1. The number of nitrogens with one attached hydrogen (secondary N) is 1. The molecule has 0 radical (unpaired) electrons. The zero-order chi connectivity index (χ0) is 11.4. The molecule has 80 valence electrons. The fraction of sp³-hybridized carbons (Fsp3) is 0.167. The summed E-state index contributed by atoms with van der Waals surface area (Å²) in [7, 11) is 0. The molecule has 0 aliphatic carbocycles. The van der Waals surface area contributed by atoms with Gasteiger partial charge in [-0.05, 0) is 6.07 Å². The van der Waals surface area contributed by atoms with Crippen LogP contribution >= 0.6 is 11.8 Å². The van der Waals surface area contributed by atoms with E-state index < -0.39 is 0 Å². The van der Waals surface area contributed by atoms with Crippen LogP contribution in [0.2, 0.25) is 0 Å². The fourth-order valence-electron chi connectivity index (χ4n) is 1.57. The molecule has 4 heteroatoms. The molecule has 0 amide bonds. The van der Waals surface area contributed by atoms with Gasteiger partial charge in [-0.3, -0.25) is 4.79 Å². The minimum Gasteiger partial charge on any atom is -0.360 e. The molecule has 0 spiro atoms. The monoisotopic (exact) mass is 230 g/mol. The van der Waals surface area contributed by atoms with E-state index in [0.29, 0.717) is 17.1 Å². The first-order chi connectivity index (χ1) is 7.83. The Morgan fingerprint density at radius 3 is 3.06 bits per heavy atom. The van der Waals surface area contributed by atoms with E-state index in [0.717, 1.165) is 10.9 Å². The molecular formula is C12H10N2OS. The predicted molar refractivity (Wildman–Crippen MR) is 65.6 cm³/mol. The van der Waals surface area contributed by atoms with Gasteiger partial charge in [-0.15, -0.1) is 11.8 Å². The lowest BCUT2D eigenvalue weighted by molar-refractivity contribution is 0.102. The maximum Gasteiger partial charge on any atom is 0.174 e. The lowest BCUT2D eigenvalue weighted by Crippen LogP contribution is -2.01. The molecule has 3 nitrogen and oxygen atoms in total. The molecule has 1 aromatic carbocycles. The number of nitrogens with zero attached hydrogens (tertiary/aromatic N) is 1. The summed E-state index contributed by atoms with van der Waals surface area (Å²) in [5.41, 5.74) is 1.68. The number of nitriles is 1. The molecule has 2 rings (SSSR count). The lowest BCUT2D eigenvalue weighted by Gasteiger charge is -1.96. The normalized spacial score (nSPS) is 10.2. The van der Waals surface area contributed by atoms with Gasteiger partial charge in [0, 0.05) is 22.7 Å². The molecule has 0 aliphatic heterocycles. The summed E-state index contributed by atoms with van der Waals surface area (Å²) in [4.78, 5) is 14.9. The first-order valence-corrected chi connectivity index (χ1v) is 6.02. The molecule has 0 atom stereocenters. The van der Waals surface area contributed by atoms with E-state index >= 15 is 0 Å². The fourth-order valence-corrected chi connectivity index (χ4v) is 2.10. The summed E-state index contributed by atoms with van der Waals surface area (Å²) in [6.45, 7) is 0.